The second-order valence-corrected chi connectivity index (χ2v) is 3.84. The van der Waals surface area contributed by atoms with Gasteiger partial charge in [-0.05, 0) is 23.2 Å². The average molecular weight is 267 g/mol. The van der Waals surface area contributed by atoms with Crippen molar-refractivity contribution in [2.45, 2.75) is 6.10 Å². The summed E-state index contributed by atoms with van der Waals surface area (Å²) >= 11 is 11.3. The molecule has 0 spiro atoms. The number of aliphatic hydroxyl groups is 1. The second kappa shape index (κ2) is 6.15. The molecule has 1 N–H and O–H groups in total. The number of hydrogen-bond donors (Lipinski definition) is 1. The van der Waals surface area contributed by atoms with Crippen molar-refractivity contribution >= 4 is 29.2 Å². The van der Waals surface area contributed by atoms with Crippen molar-refractivity contribution in [2.24, 2.45) is 0 Å². The van der Waals surface area contributed by atoms with Crippen LogP contribution in [0.3, 0.4) is 0 Å². The molecule has 1 aromatic rings. The van der Waals surface area contributed by atoms with Gasteiger partial charge in [-0.15, -0.1) is 0 Å². The molecule has 0 radical (unpaired) electrons. The standard InChI is InChI=1S/C8H12Cl2N4O2/c1-14(3-5(15)4-16-2)8-12-6(9)11-7(10)13-8/h5,15H,3-4H2,1-2H3. The highest BCUT2D eigenvalue weighted by atomic mass is 35.5. The van der Waals surface area contributed by atoms with E-state index in [1.807, 2.05) is 0 Å². The van der Waals surface area contributed by atoms with Gasteiger partial charge in [-0.3, -0.25) is 0 Å². The maximum absolute atomic E-state index is 9.52. The Labute approximate surface area is 103 Å². The molecule has 6 nitrogen and oxygen atoms in total. The summed E-state index contributed by atoms with van der Waals surface area (Å²) in [5.41, 5.74) is 0. The molecule has 16 heavy (non-hydrogen) atoms. The number of rotatable bonds is 5. The van der Waals surface area contributed by atoms with Crippen LogP contribution in [0.5, 0.6) is 0 Å². The van der Waals surface area contributed by atoms with E-state index in [0.29, 0.717) is 12.5 Å². The Hall–Kier alpha value is -0.690. The van der Waals surface area contributed by atoms with E-state index < -0.39 is 6.10 Å². The van der Waals surface area contributed by atoms with Gasteiger partial charge in [0, 0.05) is 20.7 Å². The van der Waals surface area contributed by atoms with Crippen LogP contribution < -0.4 is 4.90 Å². The Morgan fingerprint density at radius 1 is 1.31 bits per heavy atom. The fraction of sp³-hybridized carbons (Fsp3) is 0.625. The van der Waals surface area contributed by atoms with Crippen LogP contribution in [-0.2, 0) is 4.74 Å². The quantitative estimate of drug-likeness (QED) is 0.843. The molecule has 0 fully saturated rings. The molecule has 0 aliphatic heterocycles. The first kappa shape index (κ1) is 13.4. The SMILES string of the molecule is COCC(O)CN(C)c1nc(Cl)nc(Cl)n1. The van der Waals surface area contributed by atoms with Gasteiger partial charge in [0.15, 0.2) is 0 Å². The zero-order chi connectivity index (χ0) is 12.1. The van der Waals surface area contributed by atoms with Crippen LogP contribution in [0.1, 0.15) is 0 Å². The van der Waals surface area contributed by atoms with Crippen LogP contribution in [-0.4, -0.2) is 53.5 Å². The van der Waals surface area contributed by atoms with Gasteiger partial charge in [0.1, 0.15) is 0 Å². The third-order valence-corrected chi connectivity index (χ3v) is 2.09. The van der Waals surface area contributed by atoms with Crippen LogP contribution in [0.2, 0.25) is 10.6 Å². The van der Waals surface area contributed by atoms with Crippen molar-refractivity contribution in [3.63, 3.8) is 0 Å². The first-order chi connectivity index (χ1) is 7.52. The van der Waals surface area contributed by atoms with Crippen LogP contribution in [0, 0.1) is 0 Å². The third-order valence-electron chi connectivity index (χ3n) is 1.75. The maximum Gasteiger partial charge on any atom is 0.230 e. The van der Waals surface area contributed by atoms with Crippen LogP contribution in [0.15, 0.2) is 0 Å². The predicted molar refractivity (Wildman–Crippen MR) is 61.0 cm³/mol. The van der Waals surface area contributed by atoms with Crippen molar-refractivity contribution < 1.29 is 9.84 Å². The minimum absolute atomic E-state index is 0.0167. The van der Waals surface area contributed by atoms with Gasteiger partial charge in [-0.1, -0.05) is 0 Å². The van der Waals surface area contributed by atoms with Crippen molar-refractivity contribution in [1.29, 1.82) is 0 Å². The number of nitrogens with zero attached hydrogens (tertiary/aromatic N) is 4. The number of aromatic nitrogens is 3. The molecule has 1 rings (SSSR count). The van der Waals surface area contributed by atoms with E-state index >= 15 is 0 Å². The fourth-order valence-electron chi connectivity index (χ4n) is 1.13. The Balaban J connectivity index is 2.68. The van der Waals surface area contributed by atoms with Gasteiger partial charge in [-0.25, -0.2) is 0 Å². The van der Waals surface area contributed by atoms with Gasteiger partial charge in [0.2, 0.25) is 16.5 Å². The molecule has 0 saturated carbocycles. The molecular weight excluding hydrogens is 255 g/mol. The van der Waals surface area contributed by atoms with Crippen LogP contribution in [0.25, 0.3) is 0 Å². The lowest BCUT2D eigenvalue weighted by atomic mass is 10.3. The topological polar surface area (TPSA) is 71.4 Å². The van der Waals surface area contributed by atoms with Crippen LogP contribution in [0.4, 0.5) is 5.95 Å². The van der Waals surface area contributed by atoms with E-state index in [9.17, 15) is 5.11 Å². The van der Waals surface area contributed by atoms with Gasteiger partial charge in [-0.2, -0.15) is 15.0 Å². The number of methoxy groups -OCH3 is 1. The zero-order valence-electron chi connectivity index (χ0n) is 8.89. The summed E-state index contributed by atoms with van der Waals surface area (Å²) in [5, 5.41) is 9.55. The Morgan fingerprint density at radius 2 is 1.88 bits per heavy atom. The number of anilines is 1. The van der Waals surface area contributed by atoms with E-state index in [0.717, 1.165) is 0 Å². The molecule has 1 atom stereocenters. The van der Waals surface area contributed by atoms with Crippen molar-refractivity contribution in [3.05, 3.63) is 10.6 Å². The summed E-state index contributed by atoms with van der Waals surface area (Å²) in [6.45, 7) is 0.543. The molecule has 0 aromatic carbocycles. The van der Waals surface area contributed by atoms with E-state index in [-0.39, 0.29) is 17.2 Å². The van der Waals surface area contributed by atoms with E-state index in [1.54, 1.807) is 11.9 Å². The van der Waals surface area contributed by atoms with Crippen molar-refractivity contribution in [3.8, 4) is 0 Å². The lowest BCUT2D eigenvalue weighted by Gasteiger charge is -2.20. The molecular formula is C8H12Cl2N4O2. The van der Waals surface area contributed by atoms with E-state index in [1.165, 1.54) is 7.11 Å². The molecule has 0 amide bonds. The zero-order valence-corrected chi connectivity index (χ0v) is 10.4. The van der Waals surface area contributed by atoms with Gasteiger partial charge in [0.25, 0.3) is 0 Å². The summed E-state index contributed by atoms with van der Waals surface area (Å²) in [4.78, 5) is 13.0. The highest BCUT2D eigenvalue weighted by molar-refractivity contribution is 6.31. The number of aliphatic hydroxyl groups excluding tert-OH is 1. The first-order valence-corrected chi connectivity index (χ1v) is 5.23. The Kier molecular flexibility index (Phi) is 5.14. The van der Waals surface area contributed by atoms with Crippen molar-refractivity contribution in [1.82, 2.24) is 15.0 Å². The third kappa shape index (κ3) is 4.05. The molecule has 1 unspecified atom stereocenters. The first-order valence-electron chi connectivity index (χ1n) is 4.48. The number of hydrogen-bond acceptors (Lipinski definition) is 6. The molecule has 0 bridgehead atoms. The Morgan fingerprint density at radius 3 is 2.38 bits per heavy atom. The van der Waals surface area contributed by atoms with Gasteiger partial charge < -0.3 is 14.7 Å². The summed E-state index contributed by atoms with van der Waals surface area (Å²) < 4.78 is 4.81. The highest BCUT2D eigenvalue weighted by Gasteiger charge is 2.12. The van der Waals surface area contributed by atoms with Crippen LogP contribution >= 0.6 is 23.2 Å². The normalized spacial score (nSPS) is 12.6. The summed E-state index contributed by atoms with van der Waals surface area (Å²) in [6, 6.07) is 0. The second-order valence-electron chi connectivity index (χ2n) is 3.16. The summed E-state index contributed by atoms with van der Waals surface area (Å²) in [5.74, 6) is 0.306. The molecule has 1 heterocycles. The number of halogens is 2. The summed E-state index contributed by atoms with van der Waals surface area (Å²) in [6.07, 6.45) is -0.635. The lowest BCUT2D eigenvalue weighted by Crippen LogP contribution is -2.33. The largest absolute Gasteiger partial charge is 0.389 e. The van der Waals surface area contributed by atoms with Gasteiger partial charge >= 0.3 is 0 Å². The molecule has 0 saturated heterocycles. The highest BCUT2D eigenvalue weighted by Crippen LogP contribution is 2.12. The molecule has 0 aliphatic rings. The monoisotopic (exact) mass is 266 g/mol. The Bertz CT molecular complexity index is 333. The molecule has 0 aliphatic carbocycles. The average Bonchev–Trinajstić information content (AvgIpc) is 2.16. The minimum atomic E-state index is -0.635. The van der Waals surface area contributed by atoms with Crippen molar-refractivity contribution in [2.75, 3.05) is 32.2 Å². The lowest BCUT2D eigenvalue weighted by molar-refractivity contribution is 0.0693. The fourth-order valence-corrected chi connectivity index (χ4v) is 1.48. The smallest absolute Gasteiger partial charge is 0.230 e. The molecule has 90 valence electrons. The summed E-state index contributed by atoms with van der Waals surface area (Å²) in [7, 11) is 3.22. The predicted octanol–water partition coefficient (Wildman–Crippen LogP) is 0.622. The van der Waals surface area contributed by atoms with E-state index in [2.05, 4.69) is 15.0 Å². The number of ether oxygens (including phenoxy) is 1. The minimum Gasteiger partial charge on any atom is -0.389 e. The van der Waals surface area contributed by atoms with E-state index in [4.69, 9.17) is 27.9 Å². The number of likely N-dealkylation sites (N-methyl/N-ethyl adjacent to an activating group) is 1. The van der Waals surface area contributed by atoms with Gasteiger partial charge in [0.05, 0.1) is 12.7 Å². The molecule has 8 heteroatoms. The maximum atomic E-state index is 9.52. The molecule has 1 aromatic heterocycles.